The minimum atomic E-state index is 0.613. The van der Waals surface area contributed by atoms with Crippen molar-refractivity contribution in [2.75, 3.05) is 13.1 Å². The first-order valence-electron chi connectivity index (χ1n) is 5.90. The van der Waals surface area contributed by atoms with Crippen LogP contribution in [-0.4, -0.2) is 30.1 Å². The Kier molecular flexibility index (Phi) is 4.41. The van der Waals surface area contributed by atoms with Gasteiger partial charge in [-0.15, -0.1) is 11.3 Å². The molecule has 1 aliphatic heterocycles. The normalized spacial score (nSPS) is 27.2. The number of halogens is 1. The van der Waals surface area contributed by atoms with Gasteiger partial charge in [-0.2, -0.15) is 0 Å². The fourth-order valence-electron chi connectivity index (χ4n) is 2.25. The van der Waals surface area contributed by atoms with Gasteiger partial charge < -0.3 is 5.32 Å². The lowest BCUT2D eigenvalue weighted by molar-refractivity contribution is 0.125. The zero-order chi connectivity index (χ0) is 11.5. The molecule has 1 saturated heterocycles. The number of piperazine rings is 1. The predicted molar refractivity (Wildman–Crippen MR) is 74.0 cm³/mol. The first kappa shape index (κ1) is 12.6. The molecule has 1 N–H and O–H groups in total. The van der Waals surface area contributed by atoms with Crippen LogP contribution in [0.15, 0.2) is 15.9 Å². The lowest BCUT2D eigenvalue weighted by Crippen LogP contribution is -2.54. The third kappa shape index (κ3) is 2.86. The summed E-state index contributed by atoms with van der Waals surface area (Å²) in [6, 6.07) is 3.44. The van der Waals surface area contributed by atoms with Crippen LogP contribution in [0.5, 0.6) is 0 Å². The molecule has 1 aromatic rings. The SMILES string of the molecule is CCC1CNC(C)CN1Cc1sccc1Br. The van der Waals surface area contributed by atoms with Gasteiger partial charge in [-0.3, -0.25) is 4.90 Å². The monoisotopic (exact) mass is 302 g/mol. The molecule has 0 radical (unpaired) electrons. The van der Waals surface area contributed by atoms with Gasteiger partial charge in [-0.05, 0) is 40.7 Å². The largest absolute Gasteiger partial charge is 0.311 e. The van der Waals surface area contributed by atoms with Crippen LogP contribution in [-0.2, 0) is 6.54 Å². The average molecular weight is 303 g/mol. The molecule has 0 aromatic carbocycles. The molecule has 16 heavy (non-hydrogen) atoms. The van der Waals surface area contributed by atoms with E-state index < -0.39 is 0 Å². The Bertz CT molecular complexity index is 340. The summed E-state index contributed by atoms with van der Waals surface area (Å²) in [5.74, 6) is 0. The van der Waals surface area contributed by atoms with Gasteiger partial charge in [0.2, 0.25) is 0 Å². The highest BCUT2D eigenvalue weighted by atomic mass is 79.9. The Morgan fingerprint density at radius 1 is 1.62 bits per heavy atom. The summed E-state index contributed by atoms with van der Waals surface area (Å²) in [6.07, 6.45) is 1.22. The fraction of sp³-hybridized carbons (Fsp3) is 0.667. The van der Waals surface area contributed by atoms with Gasteiger partial charge in [0.25, 0.3) is 0 Å². The zero-order valence-corrected chi connectivity index (χ0v) is 12.3. The second kappa shape index (κ2) is 5.63. The smallest absolute Gasteiger partial charge is 0.0343 e. The minimum absolute atomic E-state index is 0.613. The molecular formula is C12H19BrN2S. The molecule has 0 aliphatic carbocycles. The number of hydrogen-bond donors (Lipinski definition) is 1. The summed E-state index contributed by atoms with van der Waals surface area (Å²) in [5, 5.41) is 5.72. The molecule has 2 atom stereocenters. The maximum atomic E-state index is 3.62. The number of nitrogens with one attached hydrogen (secondary N) is 1. The van der Waals surface area contributed by atoms with Crippen molar-refractivity contribution in [2.24, 2.45) is 0 Å². The molecule has 0 bridgehead atoms. The van der Waals surface area contributed by atoms with Gasteiger partial charge >= 0.3 is 0 Å². The highest BCUT2D eigenvalue weighted by Gasteiger charge is 2.24. The molecule has 0 spiro atoms. The maximum Gasteiger partial charge on any atom is 0.0343 e. The topological polar surface area (TPSA) is 15.3 Å². The number of hydrogen-bond acceptors (Lipinski definition) is 3. The van der Waals surface area contributed by atoms with Crippen molar-refractivity contribution in [3.05, 3.63) is 20.8 Å². The van der Waals surface area contributed by atoms with Crippen LogP contribution in [0, 0.1) is 0 Å². The molecule has 1 fully saturated rings. The Labute approximate surface area is 110 Å². The highest BCUT2D eigenvalue weighted by Crippen LogP contribution is 2.26. The molecule has 90 valence electrons. The fourth-order valence-corrected chi connectivity index (χ4v) is 3.75. The summed E-state index contributed by atoms with van der Waals surface area (Å²) in [4.78, 5) is 4.06. The quantitative estimate of drug-likeness (QED) is 0.923. The number of rotatable bonds is 3. The van der Waals surface area contributed by atoms with Gasteiger partial charge in [-0.1, -0.05) is 6.92 Å². The molecule has 0 saturated carbocycles. The summed E-state index contributed by atoms with van der Waals surface area (Å²) in [6.45, 7) is 7.91. The van der Waals surface area contributed by atoms with Crippen LogP contribution < -0.4 is 5.32 Å². The van der Waals surface area contributed by atoms with E-state index in [1.807, 2.05) is 11.3 Å². The van der Waals surface area contributed by atoms with E-state index in [0.717, 1.165) is 19.6 Å². The Morgan fingerprint density at radius 2 is 2.44 bits per heavy atom. The Hall–Kier alpha value is 0.100. The molecule has 2 heterocycles. The van der Waals surface area contributed by atoms with Crippen molar-refractivity contribution in [1.82, 2.24) is 10.2 Å². The van der Waals surface area contributed by atoms with Gasteiger partial charge in [0, 0.05) is 41.1 Å². The van der Waals surface area contributed by atoms with Crippen molar-refractivity contribution < 1.29 is 0 Å². The van der Waals surface area contributed by atoms with E-state index in [4.69, 9.17) is 0 Å². The summed E-state index contributed by atoms with van der Waals surface area (Å²) < 4.78 is 1.26. The average Bonchev–Trinajstić information content (AvgIpc) is 2.65. The molecule has 2 rings (SSSR count). The molecule has 2 unspecified atom stereocenters. The standard InChI is InChI=1S/C12H19BrN2S/c1-3-10-6-14-9(2)7-15(10)8-12-11(13)4-5-16-12/h4-5,9-10,14H,3,6-8H2,1-2H3. The number of nitrogens with zero attached hydrogens (tertiary/aromatic N) is 1. The van der Waals surface area contributed by atoms with Crippen LogP contribution in [0.4, 0.5) is 0 Å². The predicted octanol–water partition coefficient (Wildman–Crippen LogP) is 3.08. The zero-order valence-electron chi connectivity index (χ0n) is 9.87. The van der Waals surface area contributed by atoms with Crippen LogP contribution >= 0.6 is 27.3 Å². The van der Waals surface area contributed by atoms with Crippen LogP contribution in [0.25, 0.3) is 0 Å². The molecule has 2 nitrogen and oxygen atoms in total. The van der Waals surface area contributed by atoms with Gasteiger partial charge in [0.1, 0.15) is 0 Å². The second-order valence-corrected chi connectivity index (χ2v) is 6.35. The summed E-state index contributed by atoms with van der Waals surface area (Å²) in [5.41, 5.74) is 0. The highest BCUT2D eigenvalue weighted by molar-refractivity contribution is 9.10. The van der Waals surface area contributed by atoms with Gasteiger partial charge in [0.15, 0.2) is 0 Å². The van der Waals surface area contributed by atoms with Gasteiger partial charge in [-0.25, -0.2) is 0 Å². The maximum absolute atomic E-state index is 3.62. The lowest BCUT2D eigenvalue weighted by Gasteiger charge is -2.38. The van der Waals surface area contributed by atoms with E-state index in [-0.39, 0.29) is 0 Å². The summed E-state index contributed by atoms with van der Waals surface area (Å²) in [7, 11) is 0. The van der Waals surface area contributed by atoms with Gasteiger partial charge in [0.05, 0.1) is 0 Å². The molecule has 1 aromatic heterocycles. The van der Waals surface area contributed by atoms with Crippen LogP contribution in [0.2, 0.25) is 0 Å². The van der Waals surface area contributed by atoms with E-state index in [0.29, 0.717) is 12.1 Å². The molecule has 0 amide bonds. The first-order valence-corrected chi connectivity index (χ1v) is 7.57. The third-order valence-corrected chi connectivity index (χ3v) is 5.15. The minimum Gasteiger partial charge on any atom is -0.311 e. The Morgan fingerprint density at radius 3 is 3.06 bits per heavy atom. The van der Waals surface area contributed by atoms with Crippen molar-refractivity contribution in [2.45, 2.75) is 38.9 Å². The van der Waals surface area contributed by atoms with E-state index >= 15 is 0 Å². The molecule has 4 heteroatoms. The molecule has 1 aliphatic rings. The van der Waals surface area contributed by atoms with Crippen molar-refractivity contribution in [3.8, 4) is 0 Å². The molecular weight excluding hydrogens is 284 g/mol. The van der Waals surface area contributed by atoms with E-state index in [1.54, 1.807) is 0 Å². The summed E-state index contributed by atoms with van der Waals surface area (Å²) >= 11 is 5.47. The van der Waals surface area contributed by atoms with E-state index in [1.165, 1.54) is 15.8 Å². The second-order valence-electron chi connectivity index (χ2n) is 4.49. The van der Waals surface area contributed by atoms with E-state index in [2.05, 4.69) is 51.4 Å². The van der Waals surface area contributed by atoms with Crippen molar-refractivity contribution in [3.63, 3.8) is 0 Å². The van der Waals surface area contributed by atoms with Crippen LogP contribution in [0.1, 0.15) is 25.1 Å². The number of thiophene rings is 1. The van der Waals surface area contributed by atoms with Crippen molar-refractivity contribution >= 4 is 27.3 Å². The van der Waals surface area contributed by atoms with Crippen LogP contribution in [0.3, 0.4) is 0 Å². The third-order valence-electron chi connectivity index (χ3n) is 3.24. The van der Waals surface area contributed by atoms with Crippen molar-refractivity contribution in [1.29, 1.82) is 0 Å². The Balaban J connectivity index is 2.03. The first-order chi connectivity index (χ1) is 7.70. The lowest BCUT2D eigenvalue weighted by atomic mass is 10.1. The van der Waals surface area contributed by atoms with E-state index in [9.17, 15) is 0 Å².